The Labute approximate surface area is 161 Å². The maximum atomic E-state index is 13.6. The van der Waals surface area contributed by atoms with Gasteiger partial charge in [-0.1, -0.05) is 64.5 Å². The van der Waals surface area contributed by atoms with Crippen LogP contribution in [0.15, 0.2) is 46.8 Å². The van der Waals surface area contributed by atoms with E-state index in [-0.39, 0.29) is 11.4 Å². The Morgan fingerprint density at radius 2 is 2.00 bits per heavy atom. The van der Waals surface area contributed by atoms with Crippen molar-refractivity contribution in [2.24, 2.45) is 0 Å². The van der Waals surface area contributed by atoms with Crippen molar-refractivity contribution >= 4 is 57.3 Å². The minimum atomic E-state index is -0.422. The van der Waals surface area contributed by atoms with Crippen molar-refractivity contribution in [2.45, 2.75) is 10.1 Å². The van der Waals surface area contributed by atoms with E-state index in [0.717, 1.165) is 0 Å². The van der Waals surface area contributed by atoms with Crippen LogP contribution in [-0.4, -0.2) is 16.1 Å². The van der Waals surface area contributed by atoms with Gasteiger partial charge in [0.1, 0.15) is 5.82 Å². The van der Waals surface area contributed by atoms with Gasteiger partial charge < -0.3 is 0 Å². The minimum absolute atomic E-state index is 0.255. The summed E-state index contributed by atoms with van der Waals surface area (Å²) in [6, 6.07) is 11.2. The van der Waals surface area contributed by atoms with Gasteiger partial charge in [0.05, 0.1) is 10.6 Å². The maximum Gasteiger partial charge on any atom is 0.259 e. The Hall–Kier alpha value is -1.67. The third kappa shape index (κ3) is 4.70. The summed E-state index contributed by atoms with van der Waals surface area (Å²) < 4.78 is 14.2. The third-order valence-corrected chi connectivity index (χ3v) is 5.69. The number of hydrogen-bond acceptors (Lipinski definition) is 5. The van der Waals surface area contributed by atoms with Gasteiger partial charge in [0.25, 0.3) is 5.91 Å². The normalized spacial score (nSPS) is 10.7. The van der Waals surface area contributed by atoms with Crippen molar-refractivity contribution in [2.75, 3.05) is 5.32 Å². The Morgan fingerprint density at radius 1 is 1.20 bits per heavy atom. The molecule has 0 aliphatic carbocycles. The molecular weight excluding hydrogens is 404 g/mol. The van der Waals surface area contributed by atoms with E-state index in [1.165, 1.54) is 35.2 Å². The first-order valence-electron chi connectivity index (χ1n) is 6.99. The van der Waals surface area contributed by atoms with Crippen molar-refractivity contribution in [1.82, 2.24) is 10.2 Å². The number of rotatable bonds is 5. The van der Waals surface area contributed by atoms with Crippen LogP contribution in [0.25, 0.3) is 0 Å². The lowest BCUT2D eigenvalue weighted by Crippen LogP contribution is -2.12. The number of halogens is 3. The van der Waals surface area contributed by atoms with Gasteiger partial charge >= 0.3 is 0 Å². The van der Waals surface area contributed by atoms with E-state index in [1.807, 2.05) is 0 Å². The van der Waals surface area contributed by atoms with Gasteiger partial charge in [-0.3, -0.25) is 10.1 Å². The molecule has 1 amide bonds. The largest absolute Gasteiger partial charge is 0.296 e. The number of aromatic nitrogens is 2. The van der Waals surface area contributed by atoms with E-state index in [9.17, 15) is 9.18 Å². The molecule has 3 aromatic rings. The zero-order valence-electron chi connectivity index (χ0n) is 12.5. The van der Waals surface area contributed by atoms with Crippen LogP contribution in [0.5, 0.6) is 0 Å². The average molecular weight is 414 g/mol. The molecular formula is C16H10Cl2FN3OS2. The fourth-order valence-corrected chi connectivity index (χ4v) is 4.02. The molecule has 0 saturated heterocycles. The van der Waals surface area contributed by atoms with Crippen LogP contribution in [0.3, 0.4) is 0 Å². The van der Waals surface area contributed by atoms with E-state index in [2.05, 4.69) is 15.5 Å². The second-order valence-corrected chi connectivity index (χ2v) is 7.88. The highest BCUT2D eigenvalue weighted by atomic mass is 35.5. The standard InChI is InChI=1S/C16H10Cl2FN3OS2/c17-10-5-6-12(18)11(7-10)14(23)20-15-21-22-16(25-15)24-8-9-3-1-2-4-13(9)19/h1-7H,8H2,(H,20,21,23). The molecule has 1 N–H and O–H groups in total. The lowest BCUT2D eigenvalue weighted by molar-refractivity contribution is 0.102. The van der Waals surface area contributed by atoms with E-state index in [1.54, 1.807) is 30.3 Å². The molecule has 128 valence electrons. The summed E-state index contributed by atoms with van der Waals surface area (Å²) in [5, 5.41) is 11.6. The van der Waals surface area contributed by atoms with Gasteiger partial charge in [0, 0.05) is 10.8 Å². The summed E-state index contributed by atoms with van der Waals surface area (Å²) in [5.41, 5.74) is 0.837. The summed E-state index contributed by atoms with van der Waals surface area (Å²) in [5.74, 6) is -0.256. The van der Waals surface area contributed by atoms with Gasteiger partial charge in [-0.15, -0.1) is 10.2 Å². The van der Waals surface area contributed by atoms with E-state index < -0.39 is 5.91 Å². The number of nitrogens with zero attached hydrogens (tertiary/aromatic N) is 2. The summed E-state index contributed by atoms with van der Waals surface area (Å²) >= 11 is 14.4. The van der Waals surface area contributed by atoms with Crippen molar-refractivity contribution in [3.63, 3.8) is 0 Å². The second kappa shape index (κ2) is 8.14. The molecule has 3 rings (SSSR count). The molecule has 0 aliphatic heterocycles. The smallest absolute Gasteiger partial charge is 0.259 e. The average Bonchev–Trinajstić information content (AvgIpc) is 3.03. The van der Waals surface area contributed by atoms with Gasteiger partial charge in [-0.25, -0.2) is 4.39 Å². The number of anilines is 1. The monoisotopic (exact) mass is 413 g/mol. The molecule has 9 heteroatoms. The van der Waals surface area contributed by atoms with Crippen LogP contribution in [-0.2, 0) is 5.75 Å². The predicted molar refractivity (Wildman–Crippen MR) is 100 cm³/mol. The van der Waals surface area contributed by atoms with Crippen molar-refractivity contribution in [3.05, 3.63) is 69.5 Å². The highest BCUT2D eigenvalue weighted by Crippen LogP contribution is 2.29. The summed E-state index contributed by atoms with van der Waals surface area (Å²) in [4.78, 5) is 12.2. The highest BCUT2D eigenvalue weighted by Gasteiger charge is 2.14. The molecule has 4 nitrogen and oxygen atoms in total. The van der Waals surface area contributed by atoms with Crippen LogP contribution >= 0.6 is 46.3 Å². The van der Waals surface area contributed by atoms with Crippen LogP contribution in [0.2, 0.25) is 10.0 Å². The summed E-state index contributed by atoms with van der Waals surface area (Å²) in [7, 11) is 0. The van der Waals surface area contributed by atoms with E-state index in [0.29, 0.717) is 30.8 Å². The van der Waals surface area contributed by atoms with Crippen LogP contribution in [0.4, 0.5) is 9.52 Å². The summed E-state index contributed by atoms with van der Waals surface area (Å²) in [6.07, 6.45) is 0. The SMILES string of the molecule is O=C(Nc1nnc(SCc2ccccc2F)s1)c1cc(Cl)ccc1Cl. The zero-order valence-corrected chi connectivity index (χ0v) is 15.6. The minimum Gasteiger partial charge on any atom is -0.296 e. The van der Waals surface area contributed by atoms with Gasteiger partial charge in [0.15, 0.2) is 4.34 Å². The zero-order chi connectivity index (χ0) is 17.8. The van der Waals surface area contributed by atoms with Crippen molar-refractivity contribution in [3.8, 4) is 0 Å². The fourth-order valence-electron chi connectivity index (χ4n) is 1.91. The number of nitrogens with one attached hydrogen (secondary N) is 1. The number of amides is 1. The molecule has 2 aromatic carbocycles. The molecule has 0 aliphatic rings. The van der Waals surface area contributed by atoms with Gasteiger partial charge in [-0.05, 0) is 29.8 Å². The maximum absolute atomic E-state index is 13.6. The molecule has 0 unspecified atom stereocenters. The quantitative estimate of drug-likeness (QED) is 0.441. The summed E-state index contributed by atoms with van der Waals surface area (Å²) in [6.45, 7) is 0. The predicted octanol–water partition coefficient (Wildman–Crippen LogP) is 5.53. The van der Waals surface area contributed by atoms with Crippen molar-refractivity contribution < 1.29 is 9.18 Å². The number of carbonyl (C=O) groups excluding carboxylic acids is 1. The molecule has 0 bridgehead atoms. The molecule has 25 heavy (non-hydrogen) atoms. The van der Waals surface area contributed by atoms with E-state index >= 15 is 0 Å². The molecule has 1 aromatic heterocycles. The molecule has 1 heterocycles. The van der Waals surface area contributed by atoms with Crippen LogP contribution < -0.4 is 5.32 Å². The highest BCUT2D eigenvalue weighted by molar-refractivity contribution is 8.00. The number of benzene rings is 2. The molecule has 0 spiro atoms. The Balaban J connectivity index is 1.64. The lowest BCUT2D eigenvalue weighted by atomic mass is 10.2. The number of thioether (sulfide) groups is 1. The second-order valence-electron chi connectivity index (χ2n) is 4.83. The van der Waals surface area contributed by atoms with Crippen molar-refractivity contribution in [1.29, 1.82) is 0 Å². The first-order chi connectivity index (χ1) is 12.0. The molecule has 0 fully saturated rings. The van der Waals surface area contributed by atoms with Crippen LogP contribution in [0, 0.1) is 5.82 Å². The Bertz CT molecular complexity index is 920. The van der Waals surface area contributed by atoms with Gasteiger partial charge in [-0.2, -0.15) is 0 Å². The third-order valence-electron chi connectivity index (χ3n) is 3.11. The first kappa shape index (κ1) is 18.1. The van der Waals surface area contributed by atoms with Crippen LogP contribution in [0.1, 0.15) is 15.9 Å². The lowest BCUT2D eigenvalue weighted by Gasteiger charge is -2.04. The topological polar surface area (TPSA) is 54.9 Å². The number of hydrogen-bond donors (Lipinski definition) is 1. The first-order valence-corrected chi connectivity index (χ1v) is 9.55. The van der Waals surface area contributed by atoms with E-state index in [4.69, 9.17) is 23.2 Å². The Morgan fingerprint density at radius 3 is 2.80 bits per heavy atom. The fraction of sp³-hybridized carbons (Fsp3) is 0.0625. The molecule has 0 saturated carbocycles. The Kier molecular flexibility index (Phi) is 5.90. The van der Waals surface area contributed by atoms with Gasteiger partial charge in [0.2, 0.25) is 5.13 Å². The molecule has 0 radical (unpaired) electrons. The number of carbonyl (C=O) groups is 1. The molecule has 0 atom stereocenters.